The number of nitrogens with one attached hydrogen (secondary N) is 1. The number of halogens is 1. The van der Waals surface area contributed by atoms with E-state index >= 15 is 0 Å². The molecule has 2 aromatic heterocycles. The third-order valence-electron chi connectivity index (χ3n) is 3.67. The fraction of sp³-hybridized carbons (Fsp3) is 0.176. The summed E-state index contributed by atoms with van der Waals surface area (Å²) < 4.78 is 38.9. The summed E-state index contributed by atoms with van der Waals surface area (Å²) in [7, 11) is -3.17. The summed E-state index contributed by atoms with van der Waals surface area (Å²) in [6.07, 6.45) is 6.01. The van der Waals surface area contributed by atoms with Gasteiger partial charge in [-0.3, -0.25) is 4.79 Å². The zero-order valence-electron chi connectivity index (χ0n) is 14.0. The van der Waals surface area contributed by atoms with Crippen molar-refractivity contribution in [3.8, 4) is 11.5 Å². The minimum Gasteiger partial charge on any atom is -0.351 e. The molecule has 0 aliphatic carbocycles. The van der Waals surface area contributed by atoms with E-state index in [1.165, 1.54) is 23.0 Å². The van der Waals surface area contributed by atoms with Gasteiger partial charge < -0.3 is 9.88 Å². The van der Waals surface area contributed by atoms with E-state index < -0.39 is 15.7 Å². The van der Waals surface area contributed by atoms with Crippen molar-refractivity contribution in [1.29, 1.82) is 0 Å². The fourth-order valence-corrected chi connectivity index (χ4v) is 2.92. The van der Waals surface area contributed by atoms with Crippen LogP contribution < -0.4 is 5.32 Å². The number of hydrogen-bond donors (Lipinski definition) is 1. The summed E-state index contributed by atoms with van der Waals surface area (Å²) in [5, 5.41) is 6.83. The normalized spacial score (nSPS) is 11.5. The average Bonchev–Trinajstić information content (AvgIpc) is 3.23. The Morgan fingerprint density at radius 3 is 2.46 bits per heavy atom. The van der Waals surface area contributed by atoms with Crippen molar-refractivity contribution in [1.82, 2.24) is 19.7 Å². The van der Waals surface area contributed by atoms with Crippen LogP contribution in [0.3, 0.4) is 0 Å². The Labute approximate surface area is 150 Å². The van der Waals surface area contributed by atoms with Gasteiger partial charge in [0.1, 0.15) is 21.2 Å². The lowest BCUT2D eigenvalue weighted by Gasteiger charge is -2.11. The van der Waals surface area contributed by atoms with E-state index in [0.717, 1.165) is 6.26 Å². The predicted octanol–water partition coefficient (Wildman–Crippen LogP) is 1.58. The van der Waals surface area contributed by atoms with Crippen molar-refractivity contribution >= 4 is 15.7 Å². The molecule has 0 bridgehead atoms. The lowest BCUT2D eigenvalue weighted by atomic mass is 10.2. The minimum atomic E-state index is -3.17. The van der Waals surface area contributed by atoms with Gasteiger partial charge in [0.2, 0.25) is 0 Å². The second kappa shape index (κ2) is 7.12. The van der Waals surface area contributed by atoms with Crippen LogP contribution in [0.1, 0.15) is 10.4 Å². The zero-order chi connectivity index (χ0) is 18.7. The summed E-state index contributed by atoms with van der Waals surface area (Å²) in [4.78, 5) is 12.5. The predicted molar refractivity (Wildman–Crippen MR) is 94.9 cm³/mol. The number of amides is 1. The molecule has 0 fully saturated rings. The molecule has 2 heterocycles. The molecule has 3 aromatic rings. The van der Waals surface area contributed by atoms with Crippen LogP contribution in [-0.2, 0) is 9.84 Å². The van der Waals surface area contributed by atoms with Gasteiger partial charge in [-0.2, -0.15) is 5.10 Å². The van der Waals surface area contributed by atoms with Gasteiger partial charge in [0.05, 0.1) is 17.6 Å². The second-order valence-electron chi connectivity index (χ2n) is 5.75. The molecule has 3 rings (SSSR count). The van der Waals surface area contributed by atoms with E-state index in [4.69, 9.17) is 0 Å². The molecule has 0 unspecified atom stereocenters. The molecule has 1 aromatic carbocycles. The summed E-state index contributed by atoms with van der Waals surface area (Å²) in [5.41, 5.74) is 0.865. The maximum atomic E-state index is 13.2. The van der Waals surface area contributed by atoms with Gasteiger partial charge in [-0.25, -0.2) is 17.5 Å². The Bertz CT molecular complexity index is 1010. The smallest absolute Gasteiger partial charge is 0.256 e. The van der Waals surface area contributed by atoms with Gasteiger partial charge >= 0.3 is 0 Å². The van der Waals surface area contributed by atoms with Crippen LogP contribution in [0.5, 0.6) is 0 Å². The molecule has 1 N–H and O–H groups in total. The van der Waals surface area contributed by atoms with E-state index in [1.807, 2.05) is 0 Å². The molecule has 0 saturated carbocycles. The Balaban J connectivity index is 1.96. The van der Waals surface area contributed by atoms with E-state index in [2.05, 4.69) is 10.4 Å². The molecule has 9 heteroatoms. The summed E-state index contributed by atoms with van der Waals surface area (Å²) in [5.74, 6) is -0.490. The van der Waals surface area contributed by atoms with Gasteiger partial charge in [-0.15, -0.1) is 0 Å². The largest absolute Gasteiger partial charge is 0.351 e. The lowest BCUT2D eigenvalue weighted by molar-refractivity contribution is 0.0956. The molecular formula is C17H17FN4O3S. The Morgan fingerprint density at radius 1 is 1.19 bits per heavy atom. The van der Waals surface area contributed by atoms with Gasteiger partial charge in [-0.1, -0.05) is 0 Å². The topological polar surface area (TPSA) is 86.0 Å². The summed E-state index contributed by atoms with van der Waals surface area (Å²) >= 11 is 0. The Hall–Kier alpha value is -2.94. The van der Waals surface area contributed by atoms with Crippen molar-refractivity contribution in [3.63, 3.8) is 0 Å². The monoisotopic (exact) mass is 376 g/mol. The maximum Gasteiger partial charge on any atom is 0.256 e. The maximum absolute atomic E-state index is 13.2. The van der Waals surface area contributed by atoms with Gasteiger partial charge in [0, 0.05) is 25.2 Å². The zero-order valence-corrected chi connectivity index (χ0v) is 14.8. The first-order valence-electron chi connectivity index (χ1n) is 7.78. The quantitative estimate of drug-likeness (QED) is 0.708. The van der Waals surface area contributed by atoms with E-state index in [1.54, 1.807) is 41.2 Å². The van der Waals surface area contributed by atoms with E-state index in [9.17, 15) is 17.6 Å². The Kier molecular flexibility index (Phi) is 4.90. The number of benzene rings is 1. The van der Waals surface area contributed by atoms with Crippen molar-refractivity contribution in [3.05, 3.63) is 66.4 Å². The van der Waals surface area contributed by atoms with E-state index in [-0.39, 0.29) is 23.7 Å². The highest BCUT2D eigenvalue weighted by molar-refractivity contribution is 7.90. The summed E-state index contributed by atoms with van der Waals surface area (Å²) in [6, 6.07) is 9.33. The van der Waals surface area contributed by atoms with E-state index in [0.29, 0.717) is 11.5 Å². The first-order valence-corrected chi connectivity index (χ1v) is 9.84. The number of carbonyl (C=O) groups excluding carboxylic acids is 1. The molecule has 136 valence electrons. The summed E-state index contributed by atoms with van der Waals surface area (Å²) in [6.45, 7) is 0.00448. The third kappa shape index (κ3) is 3.99. The molecule has 0 atom stereocenters. The average molecular weight is 376 g/mol. The Morgan fingerprint density at radius 2 is 1.85 bits per heavy atom. The van der Waals surface area contributed by atoms with Gasteiger partial charge in [0.15, 0.2) is 5.82 Å². The highest BCUT2D eigenvalue weighted by atomic mass is 32.2. The van der Waals surface area contributed by atoms with Crippen molar-refractivity contribution < 1.29 is 17.6 Å². The van der Waals surface area contributed by atoms with Crippen LogP contribution >= 0.6 is 0 Å². The second-order valence-corrected chi connectivity index (χ2v) is 8.01. The fourth-order valence-electron chi connectivity index (χ4n) is 2.44. The third-order valence-corrected chi connectivity index (χ3v) is 4.61. The van der Waals surface area contributed by atoms with Crippen LogP contribution in [0.25, 0.3) is 11.5 Å². The number of aromatic nitrogens is 3. The lowest BCUT2D eigenvalue weighted by Crippen LogP contribution is -2.29. The molecule has 7 nitrogen and oxygen atoms in total. The molecule has 0 saturated heterocycles. The SMILES string of the molecule is CS(=O)(=O)CCNC(=O)c1cnn(-c2ccc(F)cc2)c1-n1cccc1. The van der Waals surface area contributed by atoms with Crippen LogP contribution in [-0.4, -0.2) is 47.2 Å². The molecule has 0 spiro atoms. The van der Waals surface area contributed by atoms with Gasteiger partial charge in [-0.05, 0) is 36.4 Å². The molecule has 0 radical (unpaired) electrons. The molecule has 0 aliphatic rings. The van der Waals surface area contributed by atoms with Gasteiger partial charge in [0.25, 0.3) is 5.91 Å². The number of sulfone groups is 1. The van der Waals surface area contributed by atoms with Crippen molar-refractivity contribution in [2.75, 3.05) is 18.6 Å². The molecule has 0 aliphatic heterocycles. The molecule has 26 heavy (non-hydrogen) atoms. The number of carbonyl (C=O) groups is 1. The van der Waals surface area contributed by atoms with Crippen LogP contribution in [0.15, 0.2) is 55.0 Å². The van der Waals surface area contributed by atoms with Crippen LogP contribution in [0.2, 0.25) is 0 Å². The van der Waals surface area contributed by atoms with Crippen LogP contribution in [0.4, 0.5) is 4.39 Å². The minimum absolute atomic E-state index is 0.00448. The number of rotatable bonds is 6. The number of hydrogen-bond acceptors (Lipinski definition) is 4. The van der Waals surface area contributed by atoms with Crippen molar-refractivity contribution in [2.24, 2.45) is 0 Å². The highest BCUT2D eigenvalue weighted by Gasteiger charge is 2.20. The first kappa shape index (κ1) is 17.9. The van der Waals surface area contributed by atoms with Crippen molar-refractivity contribution in [2.45, 2.75) is 0 Å². The highest BCUT2D eigenvalue weighted by Crippen LogP contribution is 2.20. The molecule has 1 amide bonds. The standard InChI is InChI=1S/C17H17FN4O3S/c1-26(24,25)11-8-19-16(23)15-12-20-22(14-6-4-13(18)5-7-14)17(15)21-9-2-3-10-21/h2-7,9-10,12H,8,11H2,1H3,(H,19,23). The number of nitrogens with zero attached hydrogens (tertiary/aromatic N) is 3. The molecular weight excluding hydrogens is 359 g/mol. The first-order chi connectivity index (χ1) is 12.3. The van der Waals surface area contributed by atoms with Crippen LogP contribution in [0, 0.1) is 5.82 Å².